The van der Waals surface area contributed by atoms with Crippen LogP contribution in [0.5, 0.6) is 0 Å². The molecule has 0 spiro atoms. The van der Waals surface area contributed by atoms with Gasteiger partial charge in [0, 0.05) is 6.54 Å². The normalized spacial score (nSPS) is 25.8. The van der Waals surface area contributed by atoms with Gasteiger partial charge in [-0.05, 0) is 59.4 Å². The van der Waals surface area contributed by atoms with Crippen LogP contribution in [-0.2, 0) is 0 Å². The minimum atomic E-state index is 0.625. The van der Waals surface area contributed by atoms with Gasteiger partial charge in [-0.15, -0.1) is 0 Å². The van der Waals surface area contributed by atoms with Crippen LogP contribution in [0.4, 0.5) is 0 Å². The lowest BCUT2D eigenvalue weighted by molar-refractivity contribution is 0.277. The summed E-state index contributed by atoms with van der Waals surface area (Å²) >= 11 is 0. The molecule has 0 radical (unpaired) electrons. The van der Waals surface area contributed by atoms with E-state index in [9.17, 15) is 0 Å². The summed E-state index contributed by atoms with van der Waals surface area (Å²) < 4.78 is 0. The summed E-state index contributed by atoms with van der Waals surface area (Å²) in [6.45, 7) is 14.4. The Morgan fingerprint density at radius 1 is 1.05 bits per heavy atom. The second-order valence-corrected chi connectivity index (χ2v) is 5.80. The van der Waals surface area contributed by atoms with Gasteiger partial charge in [-0.2, -0.15) is 0 Å². The molecule has 0 aromatic carbocycles. The predicted octanol–water partition coefficient (Wildman–Crippen LogP) is 3.66. The van der Waals surface area contributed by atoms with Gasteiger partial charge in [0.25, 0.3) is 0 Å². The first-order valence-electron chi connectivity index (χ1n) is 8.61. The number of hydrogen-bond donors (Lipinski definition) is 1. The van der Waals surface area contributed by atoms with E-state index in [1.54, 1.807) is 0 Å². The van der Waals surface area contributed by atoms with Crippen molar-refractivity contribution in [1.29, 1.82) is 0 Å². The van der Waals surface area contributed by atoms with Crippen LogP contribution in [0.25, 0.3) is 0 Å². The molecule has 1 N–H and O–H groups in total. The molecule has 2 rings (SSSR count). The average molecular weight is 288 g/mol. The number of likely N-dealkylation sites (tertiary alicyclic amines) is 2. The molecule has 0 amide bonds. The molecular weight excluding hydrogens is 246 g/mol. The van der Waals surface area contributed by atoms with Gasteiger partial charge in [-0.25, -0.2) is 0 Å². The number of hydrogen-bond acceptors (Lipinski definition) is 3. The summed E-state index contributed by atoms with van der Waals surface area (Å²) in [6.07, 6.45) is 6.00. The van der Waals surface area contributed by atoms with Gasteiger partial charge in [0.2, 0.25) is 0 Å². The highest BCUT2D eigenvalue weighted by Gasteiger charge is 2.24. The van der Waals surface area contributed by atoms with Crippen molar-refractivity contribution in [1.82, 2.24) is 15.1 Å². The number of nitrogens with one attached hydrogen (secondary N) is 1. The summed E-state index contributed by atoms with van der Waals surface area (Å²) in [6, 6.07) is 0. The first kappa shape index (κ1) is 22.2. The highest BCUT2D eigenvalue weighted by Crippen LogP contribution is 2.17. The molecule has 2 aliphatic heterocycles. The molecule has 2 fully saturated rings. The second kappa shape index (κ2) is 15.3. The average Bonchev–Trinajstić information content (AvgIpc) is 3.02. The van der Waals surface area contributed by atoms with E-state index in [1.807, 2.05) is 20.9 Å². The zero-order chi connectivity index (χ0) is 16.0. The fourth-order valence-corrected chi connectivity index (χ4v) is 2.47. The molecule has 0 aromatic rings. The minimum absolute atomic E-state index is 0.625. The van der Waals surface area contributed by atoms with Crippen molar-refractivity contribution in [3.8, 4) is 0 Å². The predicted molar refractivity (Wildman–Crippen MR) is 93.3 cm³/mol. The van der Waals surface area contributed by atoms with Crippen molar-refractivity contribution in [2.75, 3.05) is 40.8 Å². The Kier molecular flexibility index (Phi) is 16.9. The topological polar surface area (TPSA) is 18.5 Å². The Morgan fingerprint density at radius 2 is 1.50 bits per heavy atom. The molecule has 0 aromatic heterocycles. The van der Waals surface area contributed by atoms with Crippen molar-refractivity contribution >= 4 is 0 Å². The van der Waals surface area contributed by atoms with Crippen LogP contribution >= 0.6 is 0 Å². The maximum absolute atomic E-state index is 3.27. The van der Waals surface area contributed by atoms with E-state index < -0.39 is 0 Å². The molecule has 20 heavy (non-hydrogen) atoms. The van der Waals surface area contributed by atoms with Gasteiger partial charge in [0.05, 0.1) is 6.17 Å². The summed E-state index contributed by atoms with van der Waals surface area (Å²) in [5.74, 6) is 0.868. The van der Waals surface area contributed by atoms with Crippen LogP contribution < -0.4 is 5.32 Å². The monoisotopic (exact) mass is 287 g/mol. The lowest BCUT2D eigenvalue weighted by atomic mass is 10.1. The number of nitrogens with zero attached hydrogens (tertiary/aromatic N) is 2. The van der Waals surface area contributed by atoms with E-state index in [2.05, 4.69) is 50.0 Å². The van der Waals surface area contributed by atoms with Crippen molar-refractivity contribution in [3.05, 3.63) is 0 Å². The van der Waals surface area contributed by atoms with Gasteiger partial charge >= 0.3 is 0 Å². The molecule has 2 saturated heterocycles. The molecular formula is C17H41N3. The molecule has 3 nitrogen and oxygen atoms in total. The molecule has 0 bridgehead atoms. The molecule has 2 atom stereocenters. The molecule has 2 aliphatic rings. The molecule has 3 heteroatoms. The largest absolute Gasteiger partial charge is 0.306 e. The van der Waals surface area contributed by atoms with Crippen molar-refractivity contribution < 1.29 is 0 Å². The van der Waals surface area contributed by atoms with Gasteiger partial charge in [-0.3, -0.25) is 4.90 Å². The van der Waals surface area contributed by atoms with Gasteiger partial charge in [0.15, 0.2) is 0 Å². The maximum atomic E-state index is 3.27. The Morgan fingerprint density at radius 3 is 1.65 bits per heavy atom. The Hall–Kier alpha value is -0.120. The highest BCUT2D eigenvalue weighted by atomic mass is 15.3. The van der Waals surface area contributed by atoms with E-state index in [1.165, 1.54) is 45.3 Å². The summed E-state index contributed by atoms with van der Waals surface area (Å²) in [7, 11) is 6.37. The van der Waals surface area contributed by atoms with Crippen LogP contribution in [0.2, 0.25) is 0 Å². The Labute approximate surface area is 129 Å². The van der Waals surface area contributed by atoms with E-state index >= 15 is 0 Å². The van der Waals surface area contributed by atoms with Gasteiger partial charge < -0.3 is 10.2 Å². The second-order valence-electron chi connectivity index (χ2n) is 5.80. The fourth-order valence-electron chi connectivity index (χ4n) is 2.47. The third-order valence-electron chi connectivity index (χ3n) is 3.42. The lowest BCUT2D eigenvalue weighted by Crippen LogP contribution is -2.35. The quantitative estimate of drug-likeness (QED) is 0.794. The maximum Gasteiger partial charge on any atom is 0.0595 e. The van der Waals surface area contributed by atoms with Crippen molar-refractivity contribution in [2.45, 2.75) is 66.5 Å². The summed E-state index contributed by atoms with van der Waals surface area (Å²) in [5.41, 5.74) is 0. The standard InChI is InChI=1S/C7H16N2.C5H11N.C3H8.C2H6/c1-6-4-7(8-2)9(3)5-6;1-6-4-2-3-5-6;1-3-2;1-2/h6-8H,4-5H2,1-3H3;2-5H2,1H3;3H2,1-2H3;1-2H3. The molecule has 124 valence electrons. The fraction of sp³-hybridized carbons (Fsp3) is 1.00. The summed E-state index contributed by atoms with van der Waals surface area (Å²) in [4.78, 5) is 4.73. The van der Waals surface area contributed by atoms with Crippen LogP contribution in [0.1, 0.15) is 60.3 Å². The van der Waals surface area contributed by atoms with Crippen molar-refractivity contribution in [3.63, 3.8) is 0 Å². The molecule has 0 saturated carbocycles. The van der Waals surface area contributed by atoms with Gasteiger partial charge in [-0.1, -0.05) is 41.0 Å². The lowest BCUT2D eigenvalue weighted by Gasteiger charge is -2.17. The zero-order valence-corrected chi connectivity index (χ0v) is 15.5. The first-order chi connectivity index (χ1) is 9.54. The molecule has 0 aliphatic carbocycles. The smallest absolute Gasteiger partial charge is 0.0595 e. The zero-order valence-electron chi connectivity index (χ0n) is 15.5. The third kappa shape index (κ3) is 11.7. The van der Waals surface area contributed by atoms with Crippen LogP contribution in [0, 0.1) is 5.92 Å². The SMILES string of the molecule is CC.CCC.CN1CCCC1.CNC1CC(C)CN1C. The highest BCUT2D eigenvalue weighted by molar-refractivity contribution is 4.77. The first-order valence-corrected chi connectivity index (χ1v) is 8.61. The van der Waals surface area contributed by atoms with E-state index in [-0.39, 0.29) is 0 Å². The Bertz CT molecular complexity index is 179. The van der Waals surface area contributed by atoms with Gasteiger partial charge in [0.1, 0.15) is 0 Å². The van der Waals surface area contributed by atoms with E-state index in [4.69, 9.17) is 0 Å². The van der Waals surface area contributed by atoms with Crippen LogP contribution in [0.3, 0.4) is 0 Å². The molecule has 2 unspecified atom stereocenters. The van der Waals surface area contributed by atoms with Crippen LogP contribution in [0.15, 0.2) is 0 Å². The van der Waals surface area contributed by atoms with E-state index in [0.29, 0.717) is 6.17 Å². The number of rotatable bonds is 1. The van der Waals surface area contributed by atoms with E-state index in [0.717, 1.165) is 5.92 Å². The third-order valence-corrected chi connectivity index (χ3v) is 3.42. The van der Waals surface area contributed by atoms with Crippen LogP contribution in [-0.4, -0.2) is 56.7 Å². The molecule has 2 heterocycles. The van der Waals surface area contributed by atoms with Crippen molar-refractivity contribution in [2.24, 2.45) is 5.92 Å². The summed E-state index contributed by atoms with van der Waals surface area (Å²) in [5, 5.41) is 3.27. The Balaban J connectivity index is 0. The minimum Gasteiger partial charge on any atom is -0.306 e.